The fourth-order valence-corrected chi connectivity index (χ4v) is 3.43. The molecule has 4 rings (SSSR count). The number of aromatic nitrogens is 2. The Morgan fingerprint density at radius 2 is 1.81 bits per heavy atom. The molecule has 154 valence electrons. The summed E-state index contributed by atoms with van der Waals surface area (Å²) in [5.74, 6) is 0.177. The van der Waals surface area contributed by atoms with Crippen LogP contribution in [0.2, 0.25) is 0 Å². The Bertz CT molecular complexity index is 1160. The number of benzene rings is 2. The number of esters is 1. The first-order valence-corrected chi connectivity index (χ1v) is 10.3. The van der Waals surface area contributed by atoms with E-state index in [0.29, 0.717) is 30.1 Å². The number of unbranched alkanes of at least 4 members (excludes halogenated alkanes) is 1. The van der Waals surface area contributed by atoms with Crippen LogP contribution in [0.3, 0.4) is 0 Å². The number of nitriles is 1. The van der Waals surface area contributed by atoms with Gasteiger partial charge in [0.1, 0.15) is 5.82 Å². The molecule has 0 N–H and O–H groups in total. The SMILES string of the molecule is CCCCOC(=O)c1cnc(CN2c3ccccc3C=Cc3cc(C#N)ccc32)nc1. The van der Waals surface area contributed by atoms with Crippen LogP contribution in [0.25, 0.3) is 12.2 Å². The third kappa shape index (κ3) is 4.46. The number of hydrogen-bond donors (Lipinski definition) is 0. The van der Waals surface area contributed by atoms with E-state index in [2.05, 4.69) is 20.9 Å². The van der Waals surface area contributed by atoms with Gasteiger partial charge in [0.15, 0.2) is 0 Å². The molecule has 0 unspecified atom stereocenters. The van der Waals surface area contributed by atoms with Crippen LogP contribution in [0.5, 0.6) is 0 Å². The molecule has 0 bridgehead atoms. The van der Waals surface area contributed by atoms with Crippen LogP contribution in [-0.2, 0) is 11.3 Å². The van der Waals surface area contributed by atoms with Gasteiger partial charge in [0.2, 0.25) is 0 Å². The van der Waals surface area contributed by atoms with Crippen molar-refractivity contribution in [2.45, 2.75) is 26.3 Å². The maximum atomic E-state index is 12.1. The van der Waals surface area contributed by atoms with Gasteiger partial charge in [-0.05, 0) is 41.8 Å². The van der Waals surface area contributed by atoms with E-state index < -0.39 is 5.97 Å². The van der Waals surface area contributed by atoms with Crippen molar-refractivity contribution in [3.8, 4) is 6.07 Å². The summed E-state index contributed by atoms with van der Waals surface area (Å²) in [5, 5.41) is 9.28. The van der Waals surface area contributed by atoms with Gasteiger partial charge in [-0.3, -0.25) is 0 Å². The molecule has 6 nitrogen and oxygen atoms in total. The van der Waals surface area contributed by atoms with Crippen molar-refractivity contribution in [3.05, 3.63) is 82.9 Å². The number of hydrogen-bond acceptors (Lipinski definition) is 6. The summed E-state index contributed by atoms with van der Waals surface area (Å²) in [6.07, 6.45) is 8.89. The number of anilines is 2. The molecule has 6 heteroatoms. The molecule has 0 saturated heterocycles. The van der Waals surface area contributed by atoms with E-state index in [4.69, 9.17) is 4.74 Å². The number of rotatable bonds is 6. The quantitative estimate of drug-likeness (QED) is 0.414. The van der Waals surface area contributed by atoms with Gasteiger partial charge < -0.3 is 9.64 Å². The molecule has 0 spiro atoms. The van der Waals surface area contributed by atoms with Gasteiger partial charge in [0, 0.05) is 23.8 Å². The van der Waals surface area contributed by atoms with E-state index in [1.807, 2.05) is 61.5 Å². The minimum Gasteiger partial charge on any atom is -0.462 e. The first-order valence-electron chi connectivity index (χ1n) is 10.3. The van der Waals surface area contributed by atoms with Gasteiger partial charge in [-0.25, -0.2) is 14.8 Å². The topological polar surface area (TPSA) is 79.1 Å². The molecular formula is C25H22N4O2. The van der Waals surface area contributed by atoms with Crippen LogP contribution in [0, 0.1) is 11.3 Å². The summed E-state index contributed by atoms with van der Waals surface area (Å²) in [4.78, 5) is 23.0. The third-order valence-electron chi connectivity index (χ3n) is 5.09. The molecule has 1 aliphatic heterocycles. The van der Waals surface area contributed by atoms with Gasteiger partial charge in [0.05, 0.1) is 30.3 Å². The highest BCUT2D eigenvalue weighted by molar-refractivity contribution is 5.89. The average Bonchev–Trinajstić information content (AvgIpc) is 2.96. The highest BCUT2D eigenvalue weighted by Crippen LogP contribution is 2.37. The second-order valence-corrected chi connectivity index (χ2v) is 7.24. The molecule has 0 amide bonds. The van der Waals surface area contributed by atoms with Crippen molar-refractivity contribution in [2.75, 3.05) is 11.5 Å². The fraction of sp³-hybridized carbons (Fsp3) is 0.200. The molecule has 0 radical (unpaired) electrons. The Morgan fingerprint density at radius 1 is 1.06 bits per heavy atom. The Morgan fingerprint density at radius 3 is 2.58 bits per heavy atom. The number of para-hydroxylation sites is 1. The Labute approximate surface area is 181 Å². The average molecular weight is 410 g/mol. The van der Waals surface area contributed by atoms with Gasteiger partial charge >= 0.3 is 5.97 Å². The summed E-state index contributed by atoms with van der Waals surface area (Å²) in [6.45, 7) is 2.86. The highest BCUT2D eigenvalue weighted by Gasteiger charge is 2.20. The standard InChI is InChI=1S/C25H22N4O2/c1-2-3-12-31-25(30)21-15-27-24(28-16-21)17-29-22-7-5-4-6-19(22)9-10-20-13-18(14-26)8-11-23(20)29/h4-11,13,15-16H,2-3,12,17H2,1H3. The summed E-state index contributed by atoms with van der Waals surface area (Å²) < 4.78 is 5.23. The van der Waals surface area contributed by atoms with Crippen LogP contribution in [0.4, 0.5) is 11.4 Å². The van der Waals surface area contributed by atoms with Crippen molar-refractivity contribution in [2.24, 2.45) is 0 Å². The summed E-state index contributed by atoms with van der Waals surface area (Å²) in [5.41, 5.74) is 4.95. The molecule has 0 atom stereocenters. The lowest BCUT2D eigenvalue weighted by atomic mass is 10.1. The molecule has 0 fully saturated rings. The molecule has 2 aromatic carbocycles. The van der Waals surface area contributed by atoms with E-state index in [1.165, 1.54) is 12.4 Å². The summed E-state index contributed by atoms with van der Waals surface area (Å²) in [7, 11) is 0. The van der Waals surface area contributed by atoms with E-state index in [9.17, 15) is 10.1 Å². The number of carbonyl (C=O) groups excluding carboxylic acids is 1. The van der Waals surface area contributed by atoms with Crippen LogP contribution in [0.1, 0.15) is 52.6 Å². The first-order chi connectivity index (χ1) is 15.2. The molecule has 0 saturated carbocycles. The molecule has 1 aromatic heterocycles. The van der Waals surface area contributed by atoms with Crippen LogP contribution >= 0.6 is 0 Å². The molecule has 0 aliphatic carbocycles. The van der Waals surface area contributed by atoms with Crippen molar-refractivity contribution in [1.82, 2.24) is 9.97 Å². The minimum atomic E-state index is -0.404. The summed E-state index contributed by atoms with van der Waals surface area (Å²) >= 11 is 0. The molecule has 31 heavy (non-hydrogen) atoms. The van der Waals surface area contributed by atoms with Gasteiger partial charge in [0.25, 0.3) is 0 Å². The molecule has 2 heterocycles. The molecule has 1 aliphatic rings. The smallest absolute Gasteiger partial charge is 0.341 e. The zero-order valence-corrected chi connectivity index (χ0v) is 17.3. The van der Waals surface area contributed by atoms with Gasteiger partial charge in [-0.15, -0.1) is 0 Å². The monoisotopic (exact) mass is 410 g/mol. The minimum absolute atomic E-state index is 0.344. The van der Waals surface area contributed by atoms with Crippen molar-refractivity contribution in [3.63, 3.8) is 0 Å². The maximum absolute atomic E-state index is 12.1. The van der Waals surface area contributed by atoms with Crippen LogP contribution < -0.4 is 4.90 Å². The Hall–Kier alpha value is -3.98. The number of nitrogens with zero attached hydrogens (tertiary/aromatic N) is 4. The number of fused-ring (bicyclic) bond motifs is 2. The lowest BCUT2D eigenvalue weighted by Gasteiger charge is -2.26. The molecular weight excluding hydrogens is 388 g/mol. The first kappa shape index (κ1) is 20.3. The lowest BCUT2D eigenvalue weighted by molar-refractivity contribution is 0.0498. The van der Waals surface area contributed by atoms with Crippen molar-refractivity contribution in [1.29, 1.82) is 5.26 Å². The predicted octanol–water partition coefficient (Wildman–Crippen LogP) is 5.13. The maximum Gasteiger partial charge on any atom is 0.341 e. The normalized spacial score (nSPS) is 11.8. The largest absolute Gasteiger partial charge is 0.462 e. The van der Waals surface area contributed by atoms with Crippen molar-refractivity contribution < 1.29 is 9.53 Å². The van der Waals surface area contributed by atoms with Crippen molar-refractivity contribution >= 4 is 29.5 Å². The highest BCUT2D eigenvalue weighted by atomic mass is 16.5. The Kier molecular flexibility index (Phi) is 6.04. The lowest BCUT2D eigenvalue weighted by Crippen LogP contribution is -2.20. The third-order valence-corrected chi connectivity index (χ3v) is 5.09. The Balaban J connectivity index is 1.63. The second kappa shape index (κ2) is 9.23. The number of carbonyl (C=O) groups is 1. The second-order valence-electron chi connectivity index (χ2n) is 7.24. The fourth-order valence-electron chi connectivity index (χ4n) is 3.43. The summed E-state index contributed by atoms with van der Waals surface area (Å²) in [6, 6.07) is 15.9. The van der Waals surface area contributed by atoms with Crippen LogP contribution in [0.15, 0.2) is 54.9 Å². The van der Waals surface area contributed by atoms with E-state index >= 15 is 0 Å². The predicted molar refractivity (Wildman–Crippen MR) is 120 cm³/mol. The van der Waals surface area contributed by atoms with Crippen LogP contribution in [-0.4, -0.2) is 22.5 Å². The van der Waals surface area contributed by atoms with E-state index in [1.54, 1.807) is 0 Å². The number of ether oxygens (including phenoxy) is 1. The van der Waals surface area contributed by atoms with Gasteiger partial charge in [-0.1, -0.05) is 43.7 Å². The van der Waals surface area contributed by atoms with E-state index in [-0.39, 0.29) is 0 Å². The zero-order valence-electron chi connectivity index (χ0n) is 17.3. The zero-order chi connectivity index (χ0) is 21.6. The van der Waals surface area contributed by atoms with Gasteiger partial charge in [-0.2, -0.15) is 5.26 Å². The van der Waals surface area contributed by atoms with E-state index in [0.717, 1.165) is 35.3 Å². The molecule has 3 aromatic rings.